The zero-order valence-corrected chi connectivity index (χ0v) is 11.3. The molecule has 1 aliphatic heterocycles. The Bertz CT molecular complexity index is 450. The first-order valence-electron chi connectivity index (χ1n) is 6.38. The number of aliphatic hydroxyl groups is 1. The number of benzene rings is 1. The summed E-state index contributed by atoms with van der Waals surface area (Å²) in [5.74, 6) is 0.0744. The van der Waals surface area contributed by atoms with Crippen LogP contribution in [0.2, 0.25) is 0 Å². The Morgan fingerprint density at radius 2 is 2.26 bits per heavy atom. The largest absolute Gasteiger partial charge is 0.395 e. The summed E-state index contributed by atoms with van der Waals surface area (Å²) in [7, 11) is 3.38. The molecule has 19 heavy (non-hydrogen) atoms. The molecule has 0 radical (unpaired) electrons. The van der Waals surface area contributed by atoms with Crippen molar-refractivity contribution in [2.45, 2.75) is 18.5 Å². The van der Waals surface area contributed by atoms with Crippen molar-refractivity contribution in [1.82, 2.24) is 5.32 Å². The van der Waals surface area contributed by atoms with Crippen molar-refractivity contribution in [3.63, 3.8) is 0 Å². The zero-order chi connectivity index (χ0) is 13.8. The van der Waals surface area contributed by atoms with E-state index in [0.29, 0.717) is 13.0 Å². The second-order valence-electron chi connectivity index (χ2n) is 4.77. The van der Waals surface area contributed by atoms with Gasteiger partial charge in [0.05, 0.1) is 19.3 Å². The van der Waals surface area contributed by atoms with Crippen LogP contribution < -0.4 is 10.2 Å². The van der Waals surface area contributed by atoms with Crippen LogP contribution in [0.25, 0.3) is 0 Å². The Kier molecular flexibility index (Phi) is 4.52. The molecule has 0 aromatic heterocycles. The highest BCUT2D eigenvalue weighted by atomic mass is 16.5. The maximum atomic E-state index is 12.0. The van der Waals surface area contributed by atoms with E-state index in [1.807, 2.05) is 24.3 Å². The summed E-state index contributed by atoms with van der Waals surface area (Å²) in [6, 6.07) is 7.58. The number of amides is 1. The average Bonchev–Trinajstić information content (AvgIpc) is 2.44. The first kappa shape index (κ1) is 14.0. The highest BCUT2D eigenvalue weighted by Gasteiger charge is 2.29. The van der Waals surface area contributed by atoms with Crippen LogP contribution in [0.15, 0.2) is 24.3 Å². The number of carbonyl (C=O) groups excluding carboxylic acids is 1. The number of rotatable bonds is 5. The summed E-state index contributed by atoms with van der Waals surface area (Å²) in [4.78, 5) is 13.7. The van der Waals surface area contributed by atoms with Gasteiger partial charge in [-0.15, -0.1) is 0 Å². The lowest BCUT2D eigenvalue weighted by molar-refractivity contribution is -0.119. The van der Waals surface area contributed by atoms with E-state index < -0.39 is 0 Å². The van der Waals surface area contributed by atoms with Crippen LogP contribution in [-0.4, -0.2) is 44.4 Å². The minimum atomic E-state index is -0.167. The number of carbonyl (C=O) groups is 1. The van der Waals surface area contributed by atoms with Crippen molar-refractivity contribution in [3.8, 4) is 0 Å². The Hall–Kier alpha value is -1.43. The van der Waals surface area contributed by atoms with Gasteiger partial charge in [-0.05, 0) is 11.6 Å². The number of ether oxygens (including phenoxy) is 1. The molecule has 5 heteroatoms. The van der Waals surface area contributed by atoms with Gasteiger partial charge in [0.25, 0.3) is 0 Å². The molecule has 1 amide bonds. The van der Waals surface area contributed by atoms with Gasteiger partial charge in [-0.1, -0.05) is 18.2 Å². The summed E-state index contributed by atoms with van der Waals surface area (Å²) < 4.78 is 5.05. The number of anilines is 1. The van der Waals surface area contributed by atoms with Crippen molar-refractivity contribution in [3.05, 3.63) is 29.8 Å². The van der Waals surface area contributed by atoms with Crippen molar-refractivity contribution < 1.29 is 14.6 Å². The number of aliphatic hydroxyl groups excluding tert-OH is 1. The molecule has 1 aromatic carbocycles. The minimum Gasteiger partial charge on any atom is -0.395 e. The number of methoxy groups -OCH3 is 1. The van der Waals surface area contributed by atoms with Crippen molar-refractivity contribution in [2.24, 2.45) is 0 Å². The monoisotopic (exact) mass is 264 g/mol. The topological polar surface area (TPSA) is 61.8 Å². The second kappa shape index (κ2) is 6.14. The smallest absolute Gasteiger partial charge is 0.228 e. The molecule has 5 nitrogen and oxygen atoms in total. The lowest BCUT2D eigenvalue weighted by atomic mass is 9.95. The third-order valence-corrected chi connectivity index (χ3v) is 3.45. The van der Waals surface area contributed by atoms with Gasteiger partial charge in [0, 0.05) is 32.3 Å². The molecule has 104 valence electrons. The van der Waals surface area contributed by atoms with Crippen molar-refractivity contribution in [1.29, 1.82) is 0 Å². The first-order chi connectivity index (χ1) is 9.17. The number of para-hydroxylation sites is 1. The lowest BCUT2D eigenvalue weighted by Gasteiger charge is -2.33. The summed E-state index contributed by atoms with van der Waals surface area (Å²) in [5, 5.41) is 12.6. The summed E-state index contributed by atoms with van der Waals surface area (Å²) in [6.07, 6.45) is 0.397. The van der Waals surface area contributed by atoms with Gasteiger partial charge in [-0.3, -0.25) is 4.79 Å². The standard InChI is InChI=1S/C14H20N2O3/c1-16-13-6-4-3-5-11(13)12(7-14(16)18)15-10(8-17)9-19-2/h3-6,10,12,15,17H,7-9H2,1-2H3. The van der Waals surface area contributed by atoms with Crippen molar-refractivity contribution >= 4 is 11.6 Å². The maximum Gasteiger partial charge on any atom is 0.228 e. The zero-order valence-electron chi connectivity index (χ0n) is 11.3. The minimum absolute atomic E-state index is 0.0173. The van der Waals surface area contributed by atoms with E-state index in [0.717, 1.165) is 11.3 Å². The van der Waals surface area contributed by atoms with E-state index in [-0.39, 0.29) is 24.6 Å². The van der Waals surface area contributed by atoms with E-state index in [1.165, 1.54) is 0 Å². The molecule has 0 aliphatic carbocycles. The Balaban J connectivity index is 2.22. The lowest BCUT2D eigenvalue weighted by Crippen LogP contribution is -2.44. The van der Waals surface area contributed by atoms with Gasteiger partial charge >= 0.3 is 0 Å². The normalized spacial score (nSPS) is 20.3. The third kappa shape index (κ3) is 2.94. The number of nitrogens with one attached hydrogen (secondary N) is 1. The number of fused-ring (bicyclic) bond motifs is 1. The fourth-order valence-electron chi connectivity index (χ4n) is 2.43. The molecule has 2 rings (SSSR count). The maximum absolute atomic E-state index is 12.0. The quantitative estimate of drug-likeness (QED) is 0.821. The van der Waals surface area contributed by atoms with E-state index in [4.69, 9.17) is 4.74 Å². The predicted octanol–water partition coefficient (Wildman–Crippen LogP) is 0.691. The highest BCUT2D eigenvalue weighted by Crippen LogP contribution is 2.33. The molecule has 2 N–H and O–H groups in total. The first-order valence-corrected chi connectivity index (χ1v) is 6.38. The van der Waals surface area contributed by atoms with Gasteiger partial charge in [-0.2, -0.15) is 0 Å². The number of hydrogen-bond donors (Lipinski definition) is 2. The van der Waals surface area contributed by atoms with Crippen LogP contribution in [0, 0.1) is 0 Å². The van der Waals surface area contributed by atoms with Crippen LogP contribution in [0.4, 0.5) is 5.69 Å². The van der Waals surface area contributed by atoms with Gasteiger partial charge in [0.15, 0.2) is 0 Å². The molecule has 2 unspecified atom stereocenters. The average molecular weight is 264 g/mol. The molecular formula is C14H20N2O3. The molecule has 1 aliphatic rings. The molecule has 0 saturated heterocycles. The SMILES string of the molecule is COCC(CO)NC1CC(=O)N(C)c2ccccc21. The molecule has 1 aromatic rings. The summed E-state index contributed by atoms with van der Waals surface area (Å²) >= 11 is 0. The van der Waals surface area contributed by atoms with Gasteiger partial charge in [0.2, 0.25) is 5.91 Å². The van der Waals surface area contributed by atoms with Gasteiger partial charge in [-0.25, -0.2) is 0 Å². The predicted molar refractivity (Wildman–Crippen MR) is 73.1 cm³/mol. The van der Waals surface area contributed by atoms with Crippen LogP contribution in [0.5, 0.6) is 0 Å². The molecule has 0 saturated carbocycles. The fraction of sp³-hybridized carbons (Fsp3) is 0.500. The van der Waals surface area contributed by atoms with Gasteiger partial charge in [0.1, 0.15) is 0 Å². The molecule has 1 heterocycles. The summed E-state index contributed by atoms with van der Waals surface area (Å²) in [6.45, 7) is 0.399. The van der Waals surface area contributed by atoms with Crippen LogP contribution in [-0.2, 0) is 9.53 Å². The Labute approximate surface area is 113 Å². The molecule has 0 spiro atoms. The van der Waals surface area contributed by atoms with E-state index in [2.05, 4.69) is 5.32 Å². The second-order valence-corrected chi connectivity index (χ2v) is 4.77. The van der Waals surface area contributed by atoms with Gasteiger partial charge < -0.3 is 20.1 Å². The Morgan fingerprint density at radius 1 is 1.53 bits per heavy atom. The molecular weight excluding hydrogens is 244 g/mol. The molecule has 2 atom stereocenters. The third-order valence-electron chi connectivity index (χ3n) is 3.45. The highest BCUT2D eigenvalue weighted by molar-refractivity contribution is 5.96. The number of nitrogens with zero attached hydrogens (tertiary/aromatic N) is 1. The van der Waals surface area contributed by atoms with Crippen LogP contribution in [0.3, 0.4) is 0 Å². The van der Waals surface area contributed by atoms with E-state index >= 15 is 0 Å². The van der Waals surface area contributed by atoms with Crippen LogP contribution in [0.1, 0.15) is 18.0 Å². The van der Waals surface area contributed by atoms with E-state index in [1.54, 1.807) is 19.1 Å². The molecule has 0 fully saturated rings. The van der Waals surface area contributed by atoms with Crippen molar-refractivity contribution in [2.75, 3.05) is 32.3 Å². The Morgan fingerprint density at radius 3 is 2.95 bits per heavy atom. The van der Waals surface area contributed by atoms with E-state index in [9.17, 15) is 9.90 Å². The summed E-state index contributed by atoms with van der Waals surface area (Å²) in [5.41, 5.74) is 2.00. The fourth-order valence-corrected chi connectivity index (χ4v) is 2.43. The molecule has 0 bridgehead atoms. The number of hydrogen-bond acceptors (Lipinski definition) is 4. The van der Waals surface area contributed by atoms with Crippen LogP contribution >= 0.6 is 0 Å².